The van der Waals surface area contributed by atoms with E-state index in [1.54, 1.807) is 0 Å². The summed E-state index contributed by atoms with van der Waals surface area (Å²) in [6.45, 7) is 5.01. The molecule has 2 atom stereocenters. The Morgan fingerprint density at radius 2 is 2.24 bits per heavy atom. The molecule has 2 rings (SSSR count). The lowest BCUT2D eigenvalue weighted by molar-refractivity contribution is -0.127. The molecule has 2 N–H and O–H groups in total. The molecule has 2 fully saturated rings. The third-order valence-electron chi connectivity index (χ3n) is 3.90. The van der Waals surface area contributed by atoms with Crippen LogP contribution in [0.4, 0.5) is 0 Å². The van der Waals surface area contributed by atoms with Crippen molar-refractivity contribution in [3.63, 3.8) is 0 Å². The van der Waals surface area contributed by atoms with Gasteiger partial charge >= 0.3 is 0 Å². The molecular weight excluding hydrogens is 216 g/mol. The summed E-state index contributed by atoms with van der Waals surface area (Å²) in [6.07, 6.45) is 4.89. The first-order valence-corrected chi connectivity index (χ1v) is 6.53. The lowest BCUT2D eigenvalue weighted by Crippen LogP contribution is -2.43. The second-order valence-corrected chi connectivity index (χ2v) is 6.17. The van der Waals surface area contributed by atoms with Gasteiger partial charge in [-0.15, -0.1) is 0 Å². The molecule has 4 nitrogen and oxygen atoms in total. The average molecular weight is 238 g/mol. The standard InChI is InChI=1S/C13H22N2O2/c1-13(2)5-3-4-10(7-13)15-12(17)9-6-11(16)14-8-9/h9-10H,3-8H2,1-2H3,(H,14,16)(H,15,17). The number of rotatable bonds is 2. The summed E-state index contributed by atoms with van der Waals surface area (Å²) >= 11 is 0. The van der Waals surface area contributed by atoms with E-state index < -0.39 is 0 Å². The Morgan fingerprint density at radius 3 is 2.82 bits per heavy atom. The number of amides is 2. The fraction of sp³-hybridized carbons (Fsp3) is 0.846. The van der Waals surface area contributed by atoms with E-state index in [1.165, 1.54) is 12.8 Å². The molecule has 1 saturated heterocycles. The Hall–Kier alpha value is -1.06. The molecule has 0 aromatic rings. The summed E-state index contributed by atoms with van der Waals surface area (Å²) in [5.74, 6) is -0.118. The van der Waals surface area contributed by atoms with E-state index in [-0.39, 0.29) is 17.7 Å². The lowest BCUT2D eigenvalue weighted by Gasteiger charge is -2.35. The van der Waals surface area contributed by atoms with Gasteiger partial charge in [-0.2, -0.15) is 0 Å². The van der Waals surface area contributed by atoms with E-state index in [9.17, 15) is 9.59 Å². The zero-order valence-electron chi connectivity index (χ0n) is 10.7. The maximum Gasteiger partial charge on any atom is 0.225 e. The summed E-state index contributed by atoms with van der Waals surface area (Å²) in [5, 5.41) is 5.81. The van der Waals surface area contributed by atoms with Crippen LogP contribution in [-0.4, -0.2) is 24.4 Å². The maximum absolute atomic E-state index is 12.0. The summed E-state index contributed by atoms with van der Waals surface area (Å²) in [5.41, 5.74) is 0.333. The monoisotopic (exact) mass is 238 g/mol. The molecule has 17 heavy (non-hydrogen) atoms. The molecule has 4 heteroatoms. The zero-order chi connectivity index (χ0) is 12.5. The zero-order valence-corrected chi connectivity index (χ0v) is 10.7. The van der Waals surface area contributed by atoms with Crippen LogP contribution < -0.4 is 10.6 Å². The molecule has 2 unspecified atom stereocenters. The van der Waals surface area contributed by atoms with Crippen molar-refractivity contribution in [2.24, 2.45) is 11.3 Å². The summed E-state index contributed by atoms with van der Waals surface area (Å²) in [6, 6.07) is 0.293. The molecule has 1 aliphatic heterocycles. The number of nitrogens with one attached hydrogen (secondary N) is 2. The van der Waals surface area contributed by atoms with Crippen molar-refractivity contribution in [1.82, 2.24) is 10.6 Å². The van der Waals surface area contributed by atoms with Gasteiger partial charge in [-0.05, 0) is 24.7 Å². The highest BCUT2D eigenvalue weighted by atomic mass is 16.2. The normalized spacial score (nSPS) is 32.0. The first-order valence-electron chi connectivity index (χ1n) is 6.53. The number of carbonyl (C=O) groups excluding carboxylic acids is 2. The van der Waals surface area contributed by atoms with Crippen LogP contribution >= 0.6 is 0 Å². The van der Waals surface area contributed by atoms with Gasteiger partial charge in [0, 0.05) is 19.0 Å². The van der Waals surface area contributed by atoms with Crippen LogP contribution in [0.3, 0.4) is 0 Å². The summed E-state index contributed by atoms with van der Waals surface area (Å²) in [7, 11) is 0. The van der Waals surface area contributed by atoms with Gasteiger partial charge in [-0.3, -0.25) is 9.59 Å². The van der Waals surface area contributed by atoms with E-state index >= 15 is 0 Å². The second kappa shape index (κ2) is 4.67. The molecule has 2 aliphatic rings. The van der Waals surface area contributed by atoms with Crippen LogP contribution in [0.15, 0.2) is 0 Å². The fourth-order valence-electron chi connectivity index (χ4n) is 2.93. The predicted octanol–water partition coefficient (Wildman–Crippen LogP) is 1.21. The van der Waals surface area contributed by atoms with Crippen LogP contribution in [-0.2, 0) is 9.59 Å². The Balaban J connectivity index is 1.84. The molecule has 0 spiro atoms. The molecule has 1 heterocycles. The van der Waals surface area contributed by atoms with Gasteiger partial charge in [0.25, 0.3) is 0 Å². The smallest absolute Gasteiger partial charge is 0.225 e. The van der Waals surface area contributed by atoms with Crippen LogP contribution in [0.1, 0.15) is 46.0 Å². The Morgan fingerprint density at radius 1 is 1.47 bits per heavy atom. The van der Waals surface area contributed by atoms with Crippen LogP contribution in [0.2, 0.25) is 0 Å². The minimum Gasteiger partial charge on any atom is -0.355 e. The highest BCUT2D eigenvalue weighted by molar-refractivity contribution is 5.89. The van der Waals surface area contributed by atoms with Gasteiger partial charge in [0.05, 0.1) is 5.92 Å². The Kier molecular flexibility index (Phi) is 3.40. The van der Waals surface area contributed by atoms with Crippen molar-refractivity contribution in [2.75, 3.05) is 6.54 Å². The van der Waals surface area contributed by atoms with Gasteiger partial charge in [0.2, 0.25) is 11.8 Å². The molecule has 96 valence electrons. The molecule has 0 aromatic heterocycles. The largest absolute Gasteiger partial charge is 0.355 e. The molecule has 2 amide bonds. The third-order valence-corrected chi connectivity index (χ3v) is 3.90. The van der Waals surface area contributed by atoms with Crippen molar-refractivity contribution in [3.05, 3.63) is 0 Å². The van der Waals surface area contributed by atoms with Crippen LogP contribution in [0, 0.1) is 11.3 Å². The first-order chi connectivity index (χ1) is 7.96. The van der Waals surface area contributed by atoms with E-state index in [1.807, 2.05) is 0 Å². The van der Waals surface area contributed by atoms with Crippen molar-refractivity contribution >= 4 is 11.8 Å². The van der Waals surface area contributed by atoms with E-state index in [0.29, 0.717) is 24.4 Å². The molecular formula is C13H22N2O2. The average Bonchev–Trinajstić information content (AvgIpc) is 2.63. The fourth-order valence-corrected chi connectivity index (χ4v) is 2.93. The molecule has 0 aromatic carbocycles. The molecule has 0 radical (unpaired) electrons. The summed E-state index contributed by atoms with van der Waals surface area (Å²) < 4.78 is 0. The quantitative estimate of drug-likeness (QED) is 0.759. The minimum atomic E-state index is -0.160. The van der Waals surface area contributed by atoms with Crippen molar-refractivity contribution in [3.8, 4) is 0 Å². The number of hydrogen-bond donors (Lipinski definition) is 2. The van der Waals surface area contributed by atoms with Gasteiger partial charge in [-0.1, -0.05) is 20.3 Å². The number of hydrogen-bond acceptors (Lipinski definition) is 2. The molecule has 1 saturated carbocycles. The summed E-state index contributed by atoms with van der Waals surface area (Å²) in [4.78, 5) is 23.0. The first kappa shape index (κ1) is 12.4. The second-order valence-electron chi connectivity index (χ2n) is 6.17. The molecule has 1 aliphatic carbocycles. The van der Waals surface area contributed by atoms with Crippen molar-refractivity contribution < 1.29 is 9.59 Å². The van der Waals surface area contributed by atoms with Gasteiger partial charge in [-0.25, -0.2) is 0 Å². The Labute approximate surface area is 103 Å². The van der Waals surface area contributed by atoms with Crippen molar-refractivity contribution in [1.29, 1.82) is 0 Å². The SMILES string of the molecule is CC1(C)CCCC(NC(=O)C2CNC(=O)C2)C1. The van der Waals surface area contributed by atoms with E-state index in [4.69, 9.17) is 0 Å². The third kappa shape index (κ3) is 3.20. The topological polar surface area (TPSA) is 58.2 Å². The number of carbonyl (C=O) groups is 2. The van der Waals surface area contributed by atoms with Crippen LogP contribution in [0.25, 0.3) is 0 Å². The van der Waals surface area contributed by atoms with Gasteiger partial charge in [0.15, 0.2) is 0 Å². The highest BCUT2D eigenvalue weighted by Gasteiger charge is 2.32. The lowest BCUT2D eigenvalue weighted by atomic mass is 9.75. The highest BCUT2D eigenvalue weighted by Crippen LogP contribution is 2.35. The predicted molar refractivity (Wildman–Crippen MR) is 65.3 cm³/mol. The van der Waals surface area contributed by atoms with E-state index in [2.05, 4.69) is 24.5 Å². The minimum absolute atomic E-state index is 0.00544. The molecule has 0 bridgehead atoms. The van der Waals surface area contributed by atoms with Gasteiger partial charge in [0.1, 0.15) is 0 Å². The maximum atomic E-state index is 12.0. The van der Waals surface area contributed by atoms with Crippen molar-refractivity contribution in [2.45, 2.75) is 52.0 Å². The Bertz CT molecular complexity index is 325. The van der Waals surface area contributed by atoms with Crippen LogP contribution in [0.5, 0.6) is 0 Å². The van der Waals surface area contributed by atoms with Gasteiger partial charge < -0.3 is 10.6 Å². The van der Waals surface area contributed by atoms with E-state index in [0.717, 1.165) is 12.8 Å².